The summed E-state index contributed by atoms with van der Waals surface area (Å²) in [5, 5.41) is 0.424. The quantitative estimate of drug-likeness (QED) is 0.440. The van der Waals surface area contributed by atoms with Crippen molar-refractivity contribution >= 4 is 27.6 Å². The number of nitrogens with one attached hydrogen (secondary N) is 1. The largest absolute Gasteiger partial charge is 0.469 e. The number of hydrogen-bond acceptors (Lipinski definition) is 4. The van der Waals surface area contributed by atoms with Gasteiger partial charge in [0.15, 0.2) is 0 Å². The zero-order valence-electron chi connectivity index (χ0n) is 17.4. The second-order valence-corrected chi connectivity index (χ2v) is 9.38. The number of hydrogen-bond donors (Lipinski definition) is 1. The van der Waals surface area contributed by atoms with Crippen LogP contribution in [-0.4, -0.2) is 21.5 Å². The van der Waals surface area contributed by atoms with Crippen LogP contribution >= 0.6 is 11.6 Å². The average Bonchev–Trinajstić information content (AvgIpc) is 2.78. The molecule has 3 aromatic carbocycles. The minimum atomic E-state index is -3.90. The summed E-state index contributed by atoms with van der Waals surface area (Å²) < 4.78 is 47.2. The van der Waals surface area contributed by atoms with Crippen LogP contribution in [-0.2, 0) is 26.0 Å². The van der Waals surface area contributed by atoms with E-state index in [4.69, 9.17) is 11.6 Å². The maximum atomic E-state index is 13.9. The minimum Gasteiger partial charge on any atom is -0.469 e. The van der Waals surface area contributed by atoms with Crippen molar-refractivity contribution in [2.75, 3.05) is 7.11 Å². The van der Waals surface area contributed by atoms with Crippen LogP contribution in [0.3, 0.4) is 0 Å². The van der Waals surface area contributed by atoms with E-state index in [9.17, 15) is 17.6 Å². The SMILES string of the molecule is COC(=O)CCCc1ccc(C(NS(=O)(=O)c2ccc(Cl)cc2)c2cccc(F)c2)cc1. The third kappa shape index (κ3) is 6.38. The molecule has 168 valence electrons. The van der Waals surface area contributed by atoms with E-state index in [0.29, 0.717) is 35.4 Å². The van der Waals surface area contributed by atoms with Crippen LogP contribution in [0.2, 0.25) is 5.02 Å². The first-order chi connectivity index (χ1) is 15.3. The summed E-state index contributed by atoms with van der Waals surface area (Å²) in [5.74, 6) is -0.720. The Hall–Kier alpha value is -2.74. The fraction of sp³-hybridized carbons (Fsp3) is 0.208. The predicted molar refractivity (Wildman–Crippen MR) is 121 cm³/mol. The van der Waals surface area contributed by atoms with Crippen LogP contribution < -0.4 is 4.72 Å². The Kier molecular flexibility index (Phi) is 8.01. The highest BCUT2D eigenvalue weighted by atomic mass is 35.5. The monoisotopic (exact) mass is 475 g/mol. The van der Waals surface area contributed by atoms with Gasteiger partial charge in [-0.25, -0.2) is 12.8 Å². The van der Waals surface area contributed by atoms with Gasteiger partial charge in [0.05, 0.1) is 18.0 Å². The number of esters is 1. The van der Waals surface area contributed by atoms with Crippen molar-refractivity contribution in [3.63, 3.8) is 0 Å². The molecule has 0 aliphatic heterocycles. The Morgan fingerprint density at radius 2 is 1.72 bits per heavy atom. The van der Waals surface area contributed by atoms with E-state index in [1.54, 1.807) is 18.2 Å². The lowest BCUT2D eigenvalue weighted by Crippen LogP contribution is -2.29. The molecule has 0 saturated carbocycles. The van der Waals surface area contributed by atoms with Gasteiger partial charge in [-0.1, -0.05) is 48.0 Å². The fourth-order valence-corrected chi connectivity index (χ4v) is 4.61. The summed E-state index contributed by atoms with van der Waals surface area (Å²) in [6.07, 6.45) is 1.64. The second kappa shape index (κ2) is 10.7. The Morgan fingerprint density at radius 3 is 2.34 bits per heavy atom. The minimum absolute atomic E-state index is 0.0581. The molecule has 1 unspecified atom stereocenters. The maximum Gasteiger partial charge on any atom is 0.305 e. The van der Waals surface area contributed by atoms with Crippen molar-refractivity contribution in [2.45, 2.75) is 30.2 Å². The van der Waals surface area contributed by atoms with Crippen LogP contribution in [0.1, 0.15) is 35.6 Å². The molecule has 0 heterocycles. The summed E-state index contributed by atoms with van der Waals surface area (Å²) in [4.78, 5) is 11.3. The average molecular weight is 476 g/mol. The first-order valence-electron chi connectivity index (χ1n) is 9.97. The molecule has 1 atom stereocenters. The zero-order valence-corrected chi connectivity index (χ0v) is 19.0. The lowest BCUT2D eigenvalue weighted by molar-refractivity contribution is -0.140. The predicted octanol–water partition coefficient (Wildman–Crippen LogP) is 5.04. The van der Waals surface area contributed by atoms with E-state index in [1.165, 1.54) is 49.6 Å². The first-order valence-corrected chi connectivity index (χ1v) is 11.8. The fourth-order valence-electron chi connectivity index (χ4n) is 3.27. The van der Waals surface area contributed by atoms with E-state index in [2.05, 4.69) is 9.46 Å². The van der Waals surface area contributed by atoms with Gasteiger partial charge in [-0.3, -0.25) is 4.79 Å². The molecule has 5 nitrogen and oxygen atoms in total. The highest BCUT2D eigenvalue weighted by Gasteiger charge is 2.23. The van der Waals surface area contributed by atoms with Crippen LogP contribution in [0.25, 0.3) is 0 Å². The lowest BCUT2D eigenvalue weighted by atomic mass is 9.97. The van der Waals surface area contributed by atoms with E-state index in [1.807, 2.05) is 12.1 Å². The Labute approximate surface area is 192 Å². The number of rotatable bonds is 9. The molecule has 8 heteroatoms. The topological polar surface area (TPSA) is 72.5 Å². The van der Waals surface area contributed by atoms with E-state index in [-0.39, 0.29) is 10.9 Å². The number of halogens is 2. The molecule has 0 aliphatic carbocycles. The lowest BCUT2D eigenvalue weighted by Gasteiger charge is -2.20. The normalized spacial score (nSPS) is 12.3. The van der Waals surface area contributed by atoms with Crippen molar-refractivity contribution in [1.29, 1.82) is 0 Å². The van der Waals surface area contributed by atoms with Gasteiger partial charge >= 0.3 is 5.97 Å². The molecule has 0 radical (unpaired) electrons. The second-order valence-electron chi connectivity index (χ2n) is 7.23. The molecule has 0 saturated heterocycles. The number of aryl methyl sites for hydroxylation is 1. The van der Waals surface area contributed by atoms with Gasteiger partial charge in [0.2, 0.25) is 10.0 Å². The number of carbonyl (C=O) groups excluding carboxylic acids is 1. The summed E-state index contributed by atoms with van der Waals surface area (Å²) >= 11 is 5.87. The van der Waals surface area contributed by atoms with Crippen molar-refractivity contribution in [3.8, 4) is 0 Å². The van der Waals surface area contributed by atoms with Crippen molar-refractivity contribution < 1.29 is 22.3 Å². The van der Waals surface area contributed by atoms with Crippen molar-refractivity contribution in [2.24, 2.45) is 0 Å². The molecule has 0 aromatic heterocycles. The standard InChI is InChI=1S/C24H23ClFNO4S/c1-31-23(28)7-2-4-17-8-10-18(11-9-17)24(19-5-3-6-21(26)16-19)27-32(29,30)22-14-12-20(25)13-15-22/h3,5-6,8-16,24,27H,2,4,7H2,1H3. The number of ether oxygens (including phenoxy) is 1. The number of sulfonamides is 1. The molecule has 0 amide bonds. The summed E-state index contributed by atoms with van der Waals surface area (Å²) in [6, 6.07) is 18.2. The molecule has 0 fully saturated rings. The van der Waals surface area contributed by atoms with E-state index >= 15 is 0 Å². The van der Waals surface area contributed by atoms with Crippen LogP contribution in [0.15, 0.2) is 77.7 Å². The summed E-state index contributed by atoms with van der Waals surface area (Å²) in [5.41, 5.74) is 2.13. The molecule has 1 N–H and O–H groups in total. The van der Waals surface area contributed by atoms with E-state index in [0.717, 1.165) is 5.56 Å². The smallest absolute Gasteiger partial charge is 0.305 e. The van der Waals surface area contributed by atoms with E-state index < -0.39 is 21.9 Å². The third-order valence-electron chi connectivity index (χ3n) is 4.97. The number of carbonyl (C=O) groups is 1. The highest BCUT2D eigenvalue weighted by Crippen LogP contribution is 2.26. The molecular weight excluding hydrogens is 453 g/mol. The van der Waals surface area contributed by atoms with Gasteiger partial charge in [-0.15, -0.1) is 0 Å². The van der Waals surface area contributed by atoms with Crippen LogP contribution in [0.4, 0.5) is 4.39 Å². The Bertz CT molecular complexity index is 1170. The summed E-state index contributed by atoms with van der Waals surface area (Å²) in [6.45, 7) is 0. The van der Waals surface area contributed by atoms with Gasteiger partial charge < -0.3 is 4.74 Å². The molecule has 3 rings (SSSR count). The number of methoxy groups -OCH3 is 1. The van der Waals surface area contributed by atoms with Gasteiger partial charge in [-0.2, -0.15) is 4.72 Å². The summed E-state index contributed by atoms with van der Waals surface area (Å²) in [7, 11) is -2.55. The van der Waals surface area contributed by atoms with Gasteiger partial charge in [0.1, 0.15) is 5.82 Å². The molecule has 0 spiro atoms. The highest BCUT2D eigenvalue weighted by molar-refractivity contribution is 7.89. The van der Waals surface area contributed by atoms with Gasteiger partial charge in [0.25, 0.3) is 0 Å². The van der Waals surface area contributed by atoms with Gasteiger partial charge in [-0.05, 0) is 65.9 Å². The molecule has 0 aliphatic rings. The Morgan fingerprint density at radius 1 is 1.03 bits per heavy atom. The van der Waals surface area contributed by atoms with Crippen LogP contribution in [0, 0.1) is 5.82 Å². The zero-order chi connectivity index (χ0) is 23.1. The molecular formula is C24H23ClFNO4S. The van der Waals surface area contributed by atoms with Gasteiger partial charge in [0, 0.05) is 11.4 Å². The molecule has 0 bridgehead atoms. The van der Waals surface area contributed by atoms with Crippen LogP contribution in [0.5, 0.6) is 0 Å². The Balaban J connectivity index is 1.87. The molecule has 32 heavy (non-hydrogen) atoms. The maximum absolute atomic E-state index is 13.9. The van der Waals surface area contributed by atoms with Crippen molar-refractivity contribution in [1.82, 2.24) is 4.72 Å². The molecule has 3 aromatic rings. The third-order valence-corrected chi connectivity index (χ3v) is 6.66. The van der Waals surface area contributed by atoms with Crippen molar-refractivity contribution in [3.05, 3.63) is 100 Å². The first kappa shape index (κ1) is 23.9. The number of benzene rings is 3.